The molecule has 1 rings (SSSR count). The van der Waals surface area contributed by atoms with Gasteiger partial charge in [-0.2, -0.15) is 0 Å². The van der Waals surface area contributed by atoms with E-state index in [1.807, 2.05) is 0 Å². The highest BCUT2D eigenvalue weighted by Gasteiger charge is 2.56. The summed E-state index contributed by atoms with van der Waals surface area (Å²) in [5, 5.41) is 0. The molecule has 6 atom stereocenters. The molecule has 1 fully saturated rings. The van der Waals surface area contributed by atoms with Crippen LogP contribution in [0.15, 0.2) is 0 Å². The molecular weight excluding hydrogens is 475 g/mol. The van der Waals surface area contributed by atoms with Crippen LogP contribution in [0.25, 0.3) is 0 Å². The van der Waals surface area contributed by atoms with Crippen molar-refractivity contribution in [2.45, 2.75) is 71.4 Å². The quantitative estimate of drug-likeness (QED) is 0.224. The highest BCUT2D eigenvalue weighted by atomic mass is 31.2. The molecule has 1 aliphatic rings. The molecule has 0 aromatic carbocycles. The third-order valence-corrected chi connectivity index (χ3v) is 4.30. The Labute approximate surface area is 187 Å². The average molecular weight is 500 g/mol. The number of phosphoric ester groups is 1. The molecule has 188 valence electrons. The van der Waals surface area contributed by atoms with Crippen molar-refractivity contribution >= 4 is 37.7 Å². The van der Waals surface area contributed by atoms with Crippen molar-refractivity contribution in [1.29, 1.82) is 0 Å². The van der Waals surface area contributed by atoms with Crippen LogP contribution in [0.5, 0.6) is 0 Å². The Morgan fingerprint density at radius 1 is 0.788 bits per heavy atom. The molecule has 1 heterocycles. The molecule has 0 saturated carbocycles. The van der Waals surface area contributed by atoms with E-state index < -0.39 is 81.1 Å². The summed E-state index contributed by atoms with van der Waals surface area (Å²) in [7, 11) is -5.30. The Morgan fingerprint density at radius 3 is 1.70 bits per heavy atom. The van der Waals surface area contributed by atoms with Gasteiger partial charge in [0.15, 0.2) is 24.4 Å². The molecule has 0 spiro atoms. The fraction of sp³-hybridized carbons (Fsp3) is 0.706. The van der Waals surface area contributed by atoms with E-state index in [4.69, 9.17) is 28.4 Å². The molecule has 1 saturated heterocycles. The molecule has 33 heavy (non-hydrogen) atoms. The van der Waals surface area contributed by atoms with Crippen LogP contribution in [-0.2, 0) is 61.5 Å². The van der Waals surface area contributed by atoms with Crippen LogP contribution in [0.3, 0.4) is 0 Å². The van der Waals surface area contributed by atoms with Crippen molar-refractivity contribution in [1.82, 2.24) is 0 Å². The van der Waals surface area contributed by atoms with Gasteiger partial charge in [-0.25, -0.2) is 4.57 Å². The zero-order chi connectivity index (χ0) is 25.5. The van der Waals surface area contributed by atoms with Gasteiger partial charge in [0.1, 0.15) is 12.7 Å². The van der Waals surface area contributed by atoms with Crippen molar-refractivity contribution in [2.75, 3.05) is 6.61 Å². The SMILES string of the molecule is CC(=O)OC[C@H](OC(C)=O)C1O[C@@H](OP(=O)(O)O)C(OC(C)=O)[C@@H](OC(C)=O)[C@@H]1OC(C)=O. The molecule has 0 aromatic heterocycles. The van der Waals surface area contributed by atoms with E-state index >= 15 is 0 Å². The number of carbonyl (C=O) groups is 5. The van der Waals surface area contributed by atoms with E-state index in [-0.39, 0.29) is 0 Å². The summed E-state index contributed by atoms with van der Waals surface area (Å²) in [6.45, 7) is 4.28. The van der Waals surface area contributed by atoms with Crippen LogP contribution < -0.4 is 0 Å². The lowest BCUT2D eigenvalue weighted by Crippen LogP contribution is -2.65. The van der Waals surface area contributed by atoms with Gasteiger partial charge >= 0.3 is 37.7 Å². The first-order chi connectivity index (χ1) is 15.1. The summed E-state index contributed by atoms with van der Waals surface area (Å²) in [4.78, 5) is 76.5. The zero-order valence-electron chi connectivity index (χ0n) is 18.3. The van der Waals surface area contributed by atoms with Gasteiger partial charge in [0.05, 0.1) is 0 Å². The fourth-order valence-electron chi connectivity index (χ4n) is 2.93. The highest BCUT2D eigenvalue weighted by molar-refractivity contribution is 7.46. The van der Waals surface area contributed by atoms with Crippen LogP contribution in [-0.4, -0.2) is 83.1 Å². The summed E-state index contributed by atoms with van der Waals surface area (Å²) in [5.74, 6) is -4.57. The Kier molecular flexibility index (Phi) is 10.4. The number of phosphoric acid groups is 1. The van der Waals surface area contributed by atoms with Gasteiger partial charge in [-0.1, -0.05) is 0 Å². The molecule has 0 bridgehead atoms. The molecular formula is C17H25O15P. The third-order valence-electron chi connectivity index (χ3n) is 3.81. The van der Waals surface area contributed by atoms with E-state index in [9.17, 15) is 38.3 Å². The molecule has 1 aliphatic heterocycles. The van der Waals surface area contributed by atoms with Crippen LogP contribution >= 0.6 is 7.82 Å². The van der Waals surface area contributed by atoms with Crippen molar-refractivity contribution in [3.05, 3.63) is 0 Å². The third kappa shape index (κ3) is 9.84. The minimum Gasteiger partial charge on any atom is -0.462 e. The second-order valence-corrected chi connectivity index (χ2v) is 7.93. The first-order valence-electron chi connectivity index (χ1n) is 9.32. The second-order valence-electron chi connectivity index (χ2n) is 6.74. The van der Waals surface area contributed by atoms with E-state index in [2.05, 4.69) is 4.52 Å². The summed E-state index contributed by atoms with van der Waals surface area (Å²) < 4.78 is 46.7. The van der Waals surface area contributed by atoms with Crippen molar-refractivity contribution in [3.8, 4) is 0 Å². The number of esters is 5. The number of ether oxygens (including phenoxy) is 6. The molecule has 2 unspecified atom stereocenters. The van der Waals surface area contributed by atoms with Gasteiger partial charge in [-0.05, 0) is 0 Å². The largest absolute Gasteiger partial charge is 0.472 e. The second kappa shape index (κ2) is 12.0. The Balaban J connectivity index is 3.58. The van der Waals surface area contributed by atoms with Crippen molar-refractivity contribution < 1.29 is 71.3 Å². The van der Waals surface area contributed by atoms with Crippen molar-refractivity contribution in [2.24, 2.45) is 0 Å². The maximum absolute atomic E-state index is 11.8. The molecule has 0 amide bonds. The monoisotopic (exact) mass is 500 g/mol. The van der Waals surface area contributed by atoms with Crippen LogP contribution in [0.1, 0.15) is 34.6 Å². The van der Waals surface area contributed by atoms with Gasteiger partial charge in [-0.3, -0.25) is 28.5 Å². The van der Waals surface area contributed by atoms with E-state index in [0.29, 0.717) is 0 Å². The summed E-state index contributed by atoms with van der Waals surface area (Å²) in [5.41, 5.74) is 0. The van der Waals surface area contributed by atoms with Gasteiger partial charge < -0.3 is 38.2 Å². The smallest absolute Gasteiger partial charge is 0.462 e. The number of carbonyl (C=O) groups excluding carboxylic acids is 5. The maximum atomic E-state index is 11.8. The average Bonchev–Trinajstić information content (AvgIpc) is 2.60. The molecule has 0 radical (unpaired) electrons. The summed E-state index contributed by atoms with van der Waals surface area (Å²) >= 11 is 0. The summed E-state index contributed by atoms with van der Waals surface area (Å²) in [6.07, 6.45) is -10.5. The van der Waals surface area contributed by atoms with Crippen LogP contribution in [0.4, 0.5) is 0 Å². The predicted octanol–water partition coefficient (Wildman–Crippen LogP) is -0.889. The van der Waals surface area contributed by atoms with Crippen LogP contribution in [0.2, 0.25) is 0 Å². The van der Waals surface area contributed by atoms with E-state index in [1.165, 1.54) is 0 Å². The Hall–Kier alpha value is -2.58. The van der Waals surface area contributed by atoms with Gasteiger partial charge in [0, 0.05) is 34.6 Å². The van der Waals surface area contributed by atoms with Gasteiger partial charge in [-0.15, -0.1) is 0 Å². The number of hydrogen-bond acceptors (Lipinski definition) is 13. The first-order valence-corrected chi connectivity index (χ1v) is 10.9. The van der Waals surface area contributed by atoms with Gasteiger partial charge in [0.25, 0.3) is 0 Å². The lowest BCUT2D eigenvalue weighted by atomic mass is 9.94. The molecule has 0 aliphatic carbocycles. The topological polar surface area (TPSA) is 207 Å². The maximum Gasteiger partial charge on any atom is 0.472 e. The van der Waals surface area contributed by atoms with Crippen molar-refractivity contribution in [3.63, 3.8) is 0 Å². The predicted molar refractivity (Wildman–Crippen MR) is 101 cm³/mol. The molecule has 16 heteroatoms. The minimum atomic E-state index is -5.30. The lowest BCUT2D eigenvalue weighted by Gasteiger charge is -2.45. The standard InChI is InChI=1S/C17H25O15P/c1-7(18)26-6-12(27-8(2)19)13-14(28-9(3)20)15(29-10(4)21)16(30-11(5)22)17(31-13)32-33(23,24)25/h12-17H,6H2,1-5H3,(H2,23,24,25)/t12-,13?,14+,15-,16?,17-/m0/s1. The normalized spacial score (nSPS) is 25.8. The van der Waals surface area contributed by atoms with E-state index in [0.717, 1.165) is 34.6 Å². The zero-order valence-corrected chi connectivity index (χ0v) is 19.2. The minimum absolute atomic E-state index is 0.648. The molecule has 15 nitrogen and oxygen atoms in total. The molecule has 0 aromatic rings. The van der Waals surface area contributed by atoms with Crippen LogP contribution in [0, 0.1) is 0 Å². The van der Waals surface area contributed by atoms with E-state index in [1.54, 1.807) is 0 Å². The Bertz CT molecular complexity index is 804. The fourth-order valence-corrected chi connectivity index (χ4v) is 3.37. The highest BCUT2D eigenvalue weighted by Crippen LogP contribution is 2.42. The van der Waals surface area contributed by atoms with Gasteiger partial charge in [0.2, 0.25) is 6.29 Å². The number of hydrogen-bond donors (Lipinski definition) is 2. The Morgan fingerprint density at radius 2 is 1.27 bits per heavy atom. The number of rotatable bonds is 9. The molecule has 2 N–H and O–H groups in total. The first kappa shape index (κ1) is 28.5. The summed E-state index contributed by atoms with van der Waals surface area (Å²) in [6, 6.07) is 0. The lowest BCUT2D eigenvalue weighted by molar-refractivity contribution is -0.302.